The molecule has 0 fully saturated rings. The van der Waals surface area contributed by atoms with Crippen LogP contribution in [0.15, 0.2) is 52.7 Å². The number of nitrogens with zero attached hydrogens (tertiary/aromatic N) is 5. The van der Waals surface area contributed by atoms with Gasteiger partial charge in [0.05, 0.1) is 27.7 Å². The number of rotatable bonds is 5. The van der Waals surface area contributed by atoms with Crippen molar-refractivity contribution in [3.63, 3.8) is 0 Å². The molecule has 0 radical (unpaired) electrons. The van der Waals surface area contributed by atoms with Crippen LogP contribution in [0.2, 0.25) is 0 Å². The number of aryl methyl sites for hydroxylation is 1. The number of hydrogen-bond donors (Lipinski definition) is 0. The Morgan fingerprint density at radius 1 is 1.36 bits per heavy atom. The van der Waals surface area contributed by atoms with Gasteiger partial charge in [0.25, 0.3) is 15.7 Å². The van der Waals surface area contributed by atoms with E-state index in [1.807, 2.05) is 0 Å². The van der Waals surface area contributed by atoms with E-state index in [0.717, 1.165) is 10.5 Å². The van der Waals surface area contributed by atoms with E-state index in [2.05, 4.69) is 16.1 Å². The van der Waals surface area contributed by atoms with E-state index in [-0.39, 0.29) is 10.6 Å². The minimum atomic E-state index is -4.07. The molecule has 2 aromatic heterocycles. The number of hydrazone groups is 1. The first kappa shape index (κ1) is 19.1. The number of non-ortho nitro benzene ring substituents is 1. The number of aromatic nitrogens is 2. The van der Waals surface area contributed by atoms with Gasteiger partial charge in [0.1, 0.15) is 0 Å². The summed E-state index contributed by atoms with van der Waals surface area (Å²) in [5.74, 6) is 2.52. The lowest BCUT2D eigenvalue weighted by atomic mass is 10.2. The monoisotopic (exact) mass is 397 g/mol. The van der Waals surface area contributed by atoms with Gasteiger partial charge in [-0.2, -0.15) is 23.0 Å². The second-order valence-corrected chi connectivity index (χ2v) is 7.80. The summed E-state index contributed by atoms with van der Waals surface area (Å²) in [7, 11) is -2.82. The van der Waals surface area contributed by atoms with E-state index >= 15 is 0 Å². The first-order chi connectivity index (χ1) is 13.2. The van der Waals surface area contributed by atoms with E-state index in [9.17, 15) is 18.5 Å². The van der Waals surface area contributed by atoms with E-state index in [1.165, 1.54) is 31.6 Å². The van der Waals surface area contributed by atoms with Crippen LogP contribution in [0.4, 0.5) is 5.69 Å². The van der Waals surface area contributed by atoms with Gasteiger partial charge < -0.3 is 0 Å². The molecule has 2 heterocycles. The van der Waals surface area contributed by atoms with Crippen molar-refractivity contribution < 1.29 is 13.3 Å². The fourth-order valence-corrected chi connectivity index (χ4v) is 3.72. The third-order valence-corrected chi connectivity index (χ3v) is 5.87. The topological polar surface area (TPSA) is 110 Å². The summed E-state index contributed by atoms with van der Waals surface area (Å²) < 4.78 is 27.9. The molecule has 0 aliphatic carbocycles. The second kappa shape index (κ2) is 7.13. The molecule has 0 bridgehead atoms. The number of nitro benzene ring substituents is 1. The number of terminal acetylenes is 1. The fraction of sp³-hybridized carbons (Fsp3) is 0.111. The Balaban J connectivity index is 1.96. The van der Waals surface area contributed by atoms with E-state index in [0.29, 0.717) is 22.2 Å². The average molecular weight is 397 g/mol. The van der Waals surface area contributed by atoms with Gasteiger partial charge in [0, 0.05) is 36.5 Å². The van der Waals surface area contributed by atoms with Gasteiger partial charge in [-0.15, -0.1) is 6.42 Å². The summed E-state index contributed by atoms with van der Waals surface area (Å²) in [6.07, 6.45) is 9.96. The highest BCUT2D eigenvalue weighted by molar-refractivity contribution is 7.89. The van der Waals surface area contributed by atoms with E-state index < -0.39 is 14.9 Å². The normalized spacial score (nSPS) is 11.6. The number of sulfonamides is 1. The summed E-state index contributed by atoms with van der Waals surface area (Å²) in [6.45, 7) is 1.56. The van der Waals surface area contributed by atoms with Crippen molar-refractivity contribution in [2.45, 2.75) is 11.8 Å². The molecule has 0 spiro atoms. The van der Waals surface area contributed by atoms with Crippen molar-refractivity contribution in [3.8, 4) is 12.3 Å². The Hall–Kier alpha value is -3.71. The highest BCUT2D eigenvalue weighted by Gasteiger charge is 2.24. The summed E-state index contributed by atoms with van der Waals surface area (Å²) in [4.78, 5) is 10.1. The van der Waals surface area contributed by atoms with Crippen LogP contribution >= 0.6 is 0 Å². The van der Waals surface area contributed by atoms with Gasteiger partial charge in [-0.3, -0.25) is 10.1 Å². The first-order valence-corrected chi connectivity index (χ1v) is 9.40. The van der Waals surface area contributed by atoms with Crippen LogP contribution in [0.3, 0.4) is 0 Å². The number of hydrogen-bond acceptors (Lipinski definition) is 6. The molecular formula is C18H15N5O4S. The summed E-state index contributed by atoms with van der Waals surface area (Å²) in [6, 6.07) is 7.11. The lowest BCUT2D eigenvalue weighted by molar-refractivity contribution is -0.385. The summed E-state index contributed by atoms with van der Waals surface area (Å²) in [5.41, 5.74) is 1.94. The van der Waals surface area contributed by atoms with Crippen LogP contribution in [0.5, 0.6) is 0 Å². The van der Waals surface area contributed by atoms with Crippen LogP contribution in [-0.2, 0) is 10.0 Å². The maximum absolute atomic E-state index is 12.8. The Morgan fingerprint density at radius 2 is 2.11 bits per heavy atom. The maximum atomic E-state index is 12.8. The molecule has 0 saturated carbocycles. The summed E-state index contributed by atoms with van der Waals surface area (Å²) >= 11 is 0. The minimum Gasteiger partial charge on any atom is -0.258 e. The number of pyridine rings is 1. The molecule has 0 saturated heterocycles. The van der Waals surface area contributed by atoms with E-state index in [4.69, 9.17) is 6.42 Å². The van der Waals surface area contributed by atoms with Crippen molar-refractivity contribution in [3.05, 3.63) is 69.5 Å². The van der Waals surface area contributed by atoms with Gasteiger partial charge in [-0.1, -0.05) is 12.0 Å². The standard InChI is InChI=1S/C18H15N5O4S/c1-4-14-7-8-22-17(9-14)15(12-20-22)11-19-21(3)28(26,27)18-10-16(23(24)25)6-5-13(18)2/h1,5-12H,2-3H3/b19-11+. The smallest absolute Gasteiger partial charge is 0.258 e. The number of nitro groups is 1. The maximum Gasteiger partial charge on any atom is 0.279 e. The molecule has 0 atom stereocenters. The molecule has 9 nitrogen and oxygen atoms in total. The van der Waals surface area contributed by atoms with Crippen LogP contribution in [0.1, 0.15) is 16.7 Å². The van der Waals surface area contributed by atoms with Gasteiger partial charge in [-0.05, 0) is 24.6 Å². The molecule has 0 unspecified atom stereocenters. The lowest BCUT2D eigenvalue weighted by Crippen LogP contribution is -2.22. The molecule has 3 aromatic rings. The van der Waals surface area contributed by atoms with Crippen LogP contribution < -0.4 is 0 Å². The highest BCUT2D eigenvalue weighted by atomic mass is 32.2. The predicted octanol–water partition coefficient (Wildman–Crippen LogP) is 2.19. The van der Waals surface area contributed by atoms with Gasteiger partial charge >= 0.3 is 0 Å². The van der Waals surface area contributed by atoms with Crippen molar-refractivity contribution in [1.29, 1.82) is 0 Å². The van der Waals surface area contributed by atoms with Gasteiger partial charge in [-0.25, -0.2) is 4.52 Å². The minimum absolute atomic E-state index is 0.184. The first-order valence-electron chi connectivity index (χ1n) is 7.96. The van der Waals surface area contributed by atoms with Gasteiger partial charge in [0.2, 0.25) is 0 Å². The van der Waals surface area contributed by atoms with Crippen LogP contribution in [-0.4, -0.2) is 40.6 Å². The Kier molecular flexibility index (Phi) is 4.85. The van der Waals surface area contributed by atoms with Crippen molar-refractivity contribution >= 4 is 27.4 Å². The molecule has 0 aliphatic heterocycles. The Bertz CT molecular complexity index is 1250. The fourth-order valence-electron chi connectivity index (χ4n) is 2.52. The van der Waals surface area contributed by atoms with Crippen LogP contribution in [0.25, 0.3) is 5.52 Å². The quantitative estimate of drug-likeness (QED) is 0.284. The van der Waals surface area contributed by atoms with Gasteiger partial charge in [0.15, 0.2) is 0 Å². The molecule has 0 N–H and O–H groups in total. The zero-order valence-corrected chi connectivity index (χ0v) is 15.8. The molecule has 10 heteroatoms. The Morgan fingerprint density at radius 3 is 2.79 bits per heavy atom. The third-order valence-electron chi connectivity index (χ3n) is 4.09. The molecule has 3 rings (SSSR count). The number of benzene rings is 1. The molecule has 142 valence electrons. The Labute approximate surface area is 161 Å². The molecule has 0 amide bonds. The SMILES string of the molecule is C#Cc1ccn2ncc(/C=N/N(C)S(=O)(=O)c3cc([N+](=O)[O-])ccc3C)c2c1. The predicted molar refractivity (Wildman–Crippen MR) is 104 cm³/mol. The molecular weight excluding hydrogens is 382 g/mol. The summed E-state index contributed by atoms with van der Waals surface area (Å²) in [5, 5.41) is 19.1. The highest BCUT2D eigenvalue weighted by Crippen LogP contribution is 2.24. The molecule has 28 heavy (non-hydrogen) atoms. The zero-order chi connectivity index (χ0) is 20.5. The van der Waals surface area contributed by atoms with Crippen LogP contribution in [0, 0.1) is 29.4 Å². The van der Waals surface area contributed by atoms with Crippen molar-refractivity contribution in [2.75, 3.05) is 7.05 Å². The molecule has 1 aromatic carbocycles. The van der Waals surface area contributed by atoms with E-state index in [1.54, 1.807) is 29.8 Å². The largest absolute Gasteiger partial charge is 0.279 e. The zero-order valence-electron chi connectivity index (χ0n) is 15.0. The number of fused-ring (bicyclic) bond motifs is 1. The average Bonchev–Trinajstić information content (AvgIpc) is 3.08. The van der Waals surface area contributed by atoms with Crippen molar-refractivity contribution in [1.82, 2.24) is 14.0 Å². The molecule has 0 aliphatic rings. The second-order valence-electron chi connectivity index (χ2n) is 5.88. The lowest BCUT2D eigenvalue weighted by Gasteiger charge is -2.15. The van der Waals surface area contributed by atoms with Crippen molar-refractivity contribution in [2.24, 2.45) is 5.10 Å². The third kappa shape index (κ3) is 3.43.